The Balaban J connectivity index is 0.00000363. The fourth-order valence-electron chi connectivity index (χ4n) is 4.56. The third kappa shape index (κ3) is 4.76. The zero-order valence-electron chi connectivity index (χ0n) is 19.5. The average molecular weight is 557 g/mol. The largest absolute Gasteiger partial charge is 1.00 e. The fraction of sp³-hybridized carbons (Fsp3) is 0.458. The lowest BCUT2D eigenvalue weighted by atomic mass is 9.85. The molecule has 2 aromatic rings. The summed E-state index contributed by atoms with van der Waals surface area (Å²) in [7, 11) is 8.49. The van der Waals surface area contributed by atoms with Crippen LogP contribution in [-0.2, 0) is 17.6 Å². The monoisotopic (exact) mass is 557 g/mol. The molecule has 8 heteroatoms. The Morgan fingerprint density at radius 2 is 1.56 bits per heavy atom. The molecule has 0 radical (unpaired) electrons. The molecule has 1 heterocycles. The first-order valence-electron chi connectivity index (χ1n) is 10.3. The molecule has 176 valence electrons. The van der Waals surface area contributed by atoms with Crippen LogP contribution < -0.4 is 42.9 Å². The van der Waals surface area contributed by atoms with Crippen LogP contribution in [0.1, 0.15) is 29.7 Å². The summed E-state index contributed by atoms with van der Waals surface area (Å²) in [4.78, 5) is 12.0. The van der Waals surface area contributed by atoms with E-state index in [1.165, 1.54) is 0 Å². The van der Waals surface area contributed by atoms with Gasteiger partial charge in [-0.3, -0.25) is 0 Å². The number of carboxylic acid groups (broad SMARTS) is 1. The molecule has 32 heavy (non-hydrogen) atoms. The van der Waals surface area contributed by atoms with Crippen molar-refractivity contribution in [2.24, 2.45) is 0 Å². The fourth-order valence-corrected chi connectivity index (χ4v) is 4.56. The van der Waals surface area contributed by atoms with Gasteiger partial charge in [0.15, 0.2) is 29.0 Å². The van der Waals surface area contributed by atoms with Crippen molar-refractivity contribution in [3.8, 4) is 23.0 Å². The van der Waals surface area contributed by atoms with E-state index in [1.807, 2.05) is 37.4 Å². The Morgan fingerprint density at radius 1 is 1.00 bits per heavy atom. The molecule has 0 bridgehead atoms. The van der Waals surface area contributed by atoms with Gasteiger partial charge in [-0.15, -0.1) is 0 Å². The maximum atomic E-state index is 12.0. The van der Waals surface area contributed by atoms with Crippen LogP contribution in [0.25, 0.3) is 0 Å². The number of halogens is 1. The Kier molecular flexibility index (Phi) is 8.64. The summed E-state index contributed by atoms with van der Waals surface area (Å²) in [5.74, 6) is 1.86. The quantitative estimate of drug-likeness (QED) is 0.377. The van der Waals surface area contributed by atoms with Crippen LogP contribution in [0, 0.1) is 0 Å². The molecule has 1 N–H and O–H groups in total. The van der Waals surface area contributed by atoms with Crippen LogP contribution >= 0.6 is 0 Å². The SMILES string of the molecule is COc1ccc(CC2c3cc(OC)c(OC)cc3CC[N+]2(C)C(C)C(=O)O)cc1OC.[I-]. The molecular weight excluding hydrogens is 525 g/mol. The predicted octanol–water partition coefficient (Wildman–Crippen LogP) is 0.485. The molecule has 0 amide bonds. The maximum absolute atomic E-state index is 12.0. The third-order valence-electron chi connectivity index (χ3n) is 6.70. The van der Waals surface area contributed by atoms with Gasteiger partial charge in [-0.2, -0.15) is 0 Å². The first-order valence-corrected chi connectivity index (χ1v) is 10.3. The molecule has 3 atom stereocenters. The van der Waals surface area contributed by atoms with Crippen molar-refractivity contribution in [1.82, 2.24) is 0 Å². The molecule has 1 aliphatic heterocycles. The van der Waals surface area contributed by atoms with Gasteiger partial charge >= 0.3 is 5.97 Å². The van der Waals surface area contributed by atoms with E-state index >= 15 is 0 Å². The number of rotatable bonds is 8. The van der Waals surface area contributed by atoms with Crippen LogP contribution in [0.15, 0.2) is 30.3 Å². The molecule has 3 rings (SSSR count). The topological polar surface area (TPSA) is 74.2 Å². The normalized spacial score (nSPS) is 20.4. The zero-order valence-corrected chi connectivity index (χ0v) is 21.6. The summed E-state index contributed by atoms with van der Waals surface area (Å²) in [5, 5.41) is 9.87. The maximum Gasteiger partial charge on any atom is 0.362 e. The first-order chi connectivity index (χ1) is 14.8. The number of carbonyl (C=O) groups is 1. The van der Waals surface area contributed by atoms with Gasteiger partial charge in [-0.05, 0) is 42.3 Å². The number of aliphatic carboxylic acids is 1. The van der Waals surface area contributed by atoms with Gasteiger partial charge in [-0.1, -0.05) is 6.07 Å². The number of quaternary nitrogens is 1. The second kappa shape index (κ2) is 10.6. The molecule has 0 fully saturated rings. The van der Waals surface area contributed by atoms with E-state index in [0.29, 0.717) is 40.4 Å². The number of hydrogen-bond acceptors (Lipinski definition) is 5. The van der Waals surface area contributed by atoms with Gasteiger partial charge in [0.05, 0.1) is 42.0 Å². The Labute approximate surface area is 206 Å². The van der Waals surface area contributed by atoms with Gasteiger partial charge in [0.1, 0.15) is 6.04 Å². The summed E-state index contributed by atoms with van der Waals surface area (Å²) >= 11 is 0. The molecule has 2 aromatic carbocycles. The van der Waals surface area contributed by atoms with Crippen molar-refractivity contribution >= 4 is 5.97 Å². The summed E-state index contributed by atoms with van der Waals surface area (Å²) in [6.07, 6.45) is 1.42. The molecule has 1 aliphatic rings. The number of ether oxygens (including phenoxy) is 4. The van der Waals surface area contributed by atoms with E-state index in [9.17, 15) is 9.90 Å². The van der Waals surface area contributed by atoms with E-state index in [-0.39, 0.29) is 30.0 Å². The minimum atomic E-state index is -0.802. The van der Waals surface area contributed by atoms with Crippen LogP contribution in [0.4, 0.5) is 0 Å². The first kappa shape index (κ1) is 26.1. The molecule has 7 nitrogen and oxygen atoms in total. The highest BCUT2D eigenvalue weighted by Gasteiger charge is 2.46. The number of hydrogen-bond donors (Lipinski definition) is 1. The molecule has 0 saturated heterocycles. The van der Waals surface area contributed by atoms with Crippen molar-refractivity contribution in [2.75, 3.05) is 42.0 Å². The van der Waals surface area contributed by atoms with Crippen molar-refractivity contribution in [1.29, 1.82) is 0 Å². The zero-order chi connectivity index (χ0) is 22.8. The summed E-state index contributed by atoms with van der Waals surface area (Å²) < 4.78 is 22.3. The van der Waals surface area contributed by atoms with E-state index in [0.717, 1.165) is 23.1 Å². The lowest BCUT2D eigenvalue weighted by Gasteiger charge is -2.48. The average Bonchev–Trinajstić information content (AvgIpc) is 2.79. The van der Waals surface area contributed by atoms with Crippen molar-refractivity contribution < 1.29 is 57.3 Å². The van der Waals surface area contributed by atoms with Gasteiger partial charge in [-0.25, -0.2) is 4.79 Å². The van der Waals surface area contributed by atoms with Gasteiger partial charge < -0.3 is 52.5 Å². The third-order valence-corrected chi connectivity index (χ3v) is 6.70. The lowest BCUT2D eigenvalue weighted by Crippen LogP contribution is -3.00. The number of fused-ring (bicyclic) bond motifs is 1. The van der Waals surface area contributed by atoms with Crippen LogP contribution in [-0.4, -0.2) is 63.6 Å². The molecular formula is C24H32INO6. The van der Waals surface area contributed by atoms with Crippen molar-refractivity contribution in [3.05, 3.63) is 47.0 Å². The number of carboxylic acids is 1. The minimum Gasteiger partial charge on any atom is -1.00 e. The summed E-state index contributed by atoms with van der Waals surface area (Å²) in [6, 6.07) is 9.24. The smallest absolute Gasteiger partial charge is 0.362 e. The molecule has 0 spiro atoms. The Bertz CT molecular complexity index is 966. The van der Waals surface area contributed by atoms with E-state index in [1.54, 1.807) is 35.4 Å². The second-order valence-electron chi connectivity index (χ2n) is 8.15. The highest BCUT2D eigenvalue weighted by molar-refractivity contribution is 5.71. The van der Waals surface area contributed by atoms with Crippen LogP contribution in [0.3, 0.4) is 0 Å². The van der Waals surface area contributed by atoms with E-state index in [4.69, 9.17) is 18.9 Å². The molecule has 0 aliphatic carbocycles. The highest BCUT2D eigenvalue weighted by atomic mass is 127. The lowest BCUT2D eigenvalue weighted by molar-refractivity contribution is -0.954. The van der Waals surface area contributed by atoms with Crippen LogP contribution in [0.5, 0.6) is 23.0 Å². The molecule has 3 unspecified atom stereocenters. The number of benzene rings is 2. The summed E-state index contributed by atoms with van der Waals surface area (Å²) in [5.41, 5.74) is 3.30. The van der Waals surface area contributed by atoms with Gasteiger partial charge in [0, 0.05) is 18.4 Å². The van der Waals surface area contributed by atoms with Gasteiger partial charge in [0.25, 0.3) is 0 Å². The number of nitrogens with zero attached hydrogens (tertiary/aromatic N) is 1. The van der Waals surface area contributed by atoms with Gasteiger partial charge in [0.2, 0.25) is 0 Å². The minimum absolute atomic E-state index is 0. The second-order valence-corrected chi connectivity index (χ2v) is 8.15. The predicted molar refractivity (Wildman–Crippen MR) is 117 cm³/mol. The van der Waals surface area contributed by atoms with Crippen molar-refractivity contribution in [2.45, 2.75) is 31.8 Å². The van der Waals surface area contributed by atoms with Crippen LogP contribution in [0.2, 0.25) is 0 Å². The van der Waals surface area contributed by atoms with E-state index < -0.39 is 12.0 Å². The standard InChI is InChI=1S/C24H31NO6.HI/c1-15(24(26)27)25(2)10-9-17-13-22(30-5)23(31-6)14-18(17)19(25)11-16-7-8-20(28-3)21(12-16)29-4;/h7-8,12-15,19H,9-11H2,1-6H3;1H. The number of methoxy groups -OCH3 is 4. The van der Waals surface area contributed by atoms with E-state index in [2.05, 4.69) is 0 Å². The van der Waals surface area contributed by atoms with Crippen molar-refractivity contribution in [3.63, 3.8) is 0 Å². The molecule has 0 saturated carbocycles. The Hall–Kier alpha value is -2.20. The highest BCUT2D eigenvalue weighted by Crippen LogP contribution is 2.44. The Morgan fingerprint density at radius 3 is 2.12 bits per heavy atom. The number of likely N-dealkylation sites (N-methyl/N-ethyl adjacent to an activating group) is 1. The summed E-state index contributed by atoms with van der Waals surface area (Å²) in [6.45, 7) is 2.50. The molecule has 0 aromatic heterocycles.